The summed E-state index contributed by atoms with van der Waals surface area (Å²) in [6, 6.07) is 17.9. The average molecular weight is 421 g/mol. The summed E-state index contributed by atoms with van der Waals surface area (Å²) in [6.07, 6.45) is 1.45. The van der Waals surface area contributed by atoms with Gasteiger partial charge in [0.2, 0.25) is 0 Å². The summed E-state index contributed by atoms with van der Waals surface area (Å²) in [5.74, 6) is 1.07. The molecular weight excluding hydrogens is 404 g/mol. The summed E-state index contributed by atoms with van der Waals surface area (Å²) >= 11 is 7.63. The Hall–Kier alpha value is -3.08. The van der Waals surface area contributed by atoms with Crippen LogP contribution in [0.2, 0.25) is 5.02 Å². The van der Waals surface area contributed by atoms with Gasteiger partial charge in [-0.25, -0.2) is 15.0 Å². The molecule has 2 N–H and O–H groups in total. The van der Waals surface area contributed by atoms with Crippen molar-refractivity contribution in [2.75, 3.05) is 5.73 Å². The summed E-state index contributed by atoms with van der Waals surface area (Å²) in [6.45, 7) is 2.74. The van der Waals surface area contributed by atoms with Gasteiger partial charge < -0.3 is 10.3 Å². The SMILES string of the molecule is CC(Sc1ncc(C#N)c(N)n1)c1nc2cc(Cl)ccc2n1Cc1ccccc1. The molecule has 6 nitrogen and oxygen atoms in total. The van der Waals surface area contributed by atoms with Gasteiger partial charge in [-0.15, -0.1) is 0 Å². The minimum absolute atomic E-state index is 0.0442. The molecule has 1 unspecified atom stereocenters. The molecular formula is C21H17ClN6S. The van der Waals surface area contributed by atoms with Crippen LogP contribution < -0.4 is 5.73 Å². The van der Waals surface area contributed by atoms with Crippen LogP contribution in [-0.2, 0) is 6.54 Å². The molecule has 0 saturated carbocycles. The van der Waals surface area contributed by atoms with Crippen LogP contribution in [0.25, 0.3) is 11.0 Å². The summed E-state index contributed by atoms with van der Waals surface area (Å²) in [5.41, 5.74) is 9.14. The van der Waals surface area contributed by atoms with Gasteiger partial charge in [0.05, 0.1) is 22.5 Å². The van der Waals surface area contributed by atoms with E-state index in [1.165, 1.54) is 23.5 Å². The van der Waals surface area contributed by atoms with Gasteiger partial charge in [0.15, 0.2) is 5.16 Å². The number of thioether (sulfide) groups is 1. The number of nitrogens with zero attached hydrogens (tertiary/aromatic N) is 5. The molecule has 0 amide bonds. The molecule has 2 heterocycles. The molecule has 0 aliphatic heterocycles. The minimum Gasteiger partial charge on any atom is -0.382 e. The quantitative estimate of drug-likeness (QED) is 0.367. The first-order valence-corrected chi connectivity index (χ1v) is 10.2. The summed E-state index contributed by atoms with van der Waals surface area (Å²) < 4.78 is 2.19. The average Bonchev–Trinajstić information content (AvgIpc) is 3.06. The first kappa shape index (κ1) is 19.2. The number of anilines is 1. The maximum Gasteiger partial charge on any atom is 0.190 e. The maximum absolute atomic E-state index is 9.01. The van der Waals surface area contributed by atoms with Crippen LogP contribution in [0.3, 0.4) is 0 Å². The molecule has 8 heteroatoms. The van der Waals surface area contributed by atoms with Crippen molar-refractivity contribution in [3.8, 4) is 6.07 Å². The molecule has 4 aromatic rings. The van der Waals surface area contributed by atoms with E-state index < -0.39 is 0 Å². The summed E-state index contributed by atoms with van der Waals surface area (Å²) in [5, 5.41) is 10.1. The Labute approximate surface area is 177 Å². The largest absolute Gasteiger partial charge is 0.382 e. The highest BCUT2D eigenvalue weighted by Crippen LogP contribution is 2.35. The molecule has 4 rings (SSSR count). The molecule has 1 atom stereocenters. The lowest BCUT2D eigenvalue weighted by Gasteiger charge is -2.14. The van der Waals surface area contributed by atoms with E-state index in [2.05, 4.69) is 26.7 Å². The number of nitrogens with two attached hydrogens (primary N) is 1. The normalized spacial score (nSPS) is 12.0. The standard InChI is InChI=1S/C21H17ClN6S/c1-13(29-21-25-11-15(10-23)19(24)27-21)20-26-17-9-16(22)7-8-18(17)28(20)12-14-5-3-2-4-6-14/h2-9,11,13H,12H2,1H3,(H2,24,25,27). The number of fused-ring (bicyclic) bond motifs is 1. The van der Waals surface area contributed by atoms with E-state index in [1.54, 1.807) is 0 Å². The predicted octanol–water partition coefficient (Wildman–Crippen LogP) is 4.84. The van der Waals surface area contributed by atoms with Crippen LogP contribution in [0.15, 0.2) is 59.9 Å². The van der Waals surface area contributed by atoms with E-state index in [4.69, 9.17) is 27.6 Å². The molecule has 0 radical (unpaired) electrons. The van der Waals surface area contributed by atoms with Crippen LogP contribution in [-0.4, -0.2) is 19.5 Å². The zero-order valence-corrected chi connectivity index (χ0v) is 17.2. The molecule has 2 aromatic carbocycles. The van der Waals surface area contributed by atoms with Gasteiger partial charge in [0, 0.05) is 11.6 Å². The topological polar surface area (TPSA) is 93.4 Å². The Morgan fingerprint density at radius 3 is 2.72 bits per heavy atom. The number of rotatable bonds is 5. The highest BCUT2D eigenvalue weighted by Gasteiger charge is 2.20. The van der Waals surface area contributed by atoms with Crippen molar-refractivity contribution >= 4 is 40.2 Å². The van der Waals surface area contributed by atoms with Crippen molar-refractivity contribution in [2.45, 2.75) is 23.9 Å². The third kappa shape index (κ3) is 4.04. The van der Waals surface area contributed by atoms with Crippen LogP contribution in [0.1, 0.15) is 29.1 Å². The number of nitrogen functional groups attached to an aromatic ring is 1. The van der Waals surface area contributed by atoms with Crippen LogP contribution >= 0.6 is 23.4 Å². The fourth-order valence-corrected chi connectivity index (χ4v) is 4.13. The number of halogens is 1. The summed E-state index contributed by atoms with van der Waals surface area (Å²) in [7, 11) is 0. The Morgan fingerprint density at radius 1 is 1.21 bits per heavy atom. The molecule has 0 aliphatic carbocycles. The molecule has 0 fully saturated rings. The van der Waals surface area contributed by atoms with Crippen molar-refractivity contribution in [3.63, 3.8) is 0 Å². The molecule has 0 spiro atoms. The first-order chi connectivity index (χ1) is 14.0. The molecule has 2 aromatic heterocycles. The lowest BCUT2D eigenvalue weighted by Crippen LogP contribution is -2.07. The Bertz CT molecular complexity index is 1220. The Morgan fingerprint density at radius 2 is 2.00 bits per heavy atom. The number of hydrogen-bond donors (Lipinski definition) is 1. The molecule has 0 aliphatic rings. The third-order valence-corrected chi connectivity index (χ3v) is 5.69. The van der Waals surface area contributed by atoms with Crippen molar-refractivity contribution in [1.29, 1.82) is 5.26 Å². The predicted molar refractivity (Wildman–Crippen MR) is 116 cm³/mol. The van der Waals surface area contributed by atoms with E-state index in [0.29, 0.717) is 16.7 Å². The third-order valence-electron chi connectivity index (χ3n) is 4.49. The van der Waals surface area contributed by atoms with Gasteiger partial charge in [-0.3, -0.25) is 0 Å². The second kappa shape index (κ2) is 8.11. The number of aromatic nitrogens is 4. The molecule has 0 bridgehead atoms. The van der Waals surface area contributed by atoms with Crippen LogP contribution in [0, 0.1) is 11.3 Å². The van der Waals surface area contributed by atoms with Gasteiger partial charge in [-0.1, -0.05) is 53.7 Å². The van der Waals surface area contributed by atoms with Gasteiger partial charge in [-0.05, 0) is 30.7 Å². The lowest BCUT2D eigenvalue weighted by molar-refractivity contribution is 0.744. The second-order valence-corrected chi connectivity index (χ2v) is 8.24. The monoisotopic (exact) mass is 420 g/mol. The van der Waals surface area contributed by atoms with Crippen molar-refractivity contribution in [2.24, 2.45) is 0 Å². The highest BCUT2D eigenvalue weighted by atomic mass is 35.5. The number of benzene rings is 2. The Balaban J connectivity index is 1.72. The lowest BCUT2D eigenvalue weighted by atomic mass is 10.2. The van der Waals surface area contributed by atoms with Crippen LogP contribution in [0.4, 0.5) is 5.82 Å². The fourth-order valence-electron chi connectivity index (χ4n) is 3.10. The van der Waals surface area contributed by atoms with Gasteiger partial charge in [0.1, 0.15) is 23.3 Å². The Kier molecular flexibility index (Phi) is 5.38. The smallest absolute Gasteiger partial charge is 0.190 e. The minimum atomic E-state index is -0.0442. The van der Waals surface area contributed by atoms with Gasteiger partial charge in [0.25, 0.3) is 0 Å². The van der Waals surface area contributed by atoms with E-state index in [9.17, 15) is 0 Å². The van der Waals surface area contributed by atoms with E-state index in [1.807, 2.05) is 49.4 Å². The van der Waals surface area contributed by atoms with Gasteiger partial charge >= 0.3 is 0 Å². The second-order valence-electron chi connectivity index (χ2n) is 6.50. The zero-order valence-electron chi connectivity index (χ0n) is 15.6. The van der Waals surface area contributed by atoms with Gasteiger partial charge in [-0.2, -0.15) is 5.26 Å². The zero-order chi connectivity index (χ0) is 20.4. The number of imidazole rings is 1. The highest BCUT2D eigenvalue weighted by molar-refractivity contribution is 7.99. The maximum atomic E-state index is 9.01. The van der Waals surface area contributed by atoms with Crippen molar-refractivity contribution < 1.29 is 0 Å². The number of nitriles is 1. The molecule has 29 heavy (non-hydrogen) atoms. The van der Waals surface area contributed by atoms with E-state index in [-0.39, 0.29) is 16.6 Å². The fraction of sp³-hybridized carbons (Fsp3) is 0.143. The first-order valence-electron chi connectivity index (χ1n) is 8.94. The van der Waals surface area contributed by atoms with Crippen molar-refractivity contribution in [1.82, 2.24) is 19.5 Å². The molecule has 0 saturated heterocycles. The van der Waals surface area contributed by atoms with Crippen molar-refractivity contribution in [3.05, 3.63) is 76.7 Å². The van der Waals surface area contributed by atoms with E-state index in [0.717, 1.165) is 16.9 Å². The van der Waals surface area contributed by atoms with E-state index >= 15 is 0 Å². The summed E-state index contributed by atoms with van der Waals surface area (Å²) in [4.78, 5) is 13.3. The molecule has 144 valence electrons. The number of hydrogen-bond acceptors (Lipinski definition) is 6. The van der Waals surface area contributed by atoms with Crippen LogP contribution in [0.5, 0.6) is 0 Å².